The molecule has 0 saturated heterocycles. The van der Waals surface area contributed by atoms with Gasteiger partial charge in [0.05, 0.1) is 5.69 Å². The van der Waals surface area contributed by atoms with Crippen molar-refractivity contribution in [2.75, 3.05) is 5.33 Å². The molecule has 0 radical (unpaired) electrons. The Hall–Kier alpha value is -0.350. The Bertz CT molecular complexity index is 285. The van der Waals surface area contributed by atoms with E-state index in [4.69, 9.17) is 0 Å². The maximum Gasteiger partial charge on any atom is 0.108 e. The lowest BCUT2D eigenvalue weighted by atomic mass is 10.1. The van der Waals surface area contributed by atoms with Crippen LogP contribution in [0.2, 0.25) is 0 Å². The molecule has 0 aliphatic heterocycles. The van der Waals surface area contributed by atoms with Crippen molar-refractivity contribution in [2.24, 2.45) is 0 Å². The second kappa shape index (κ2) is 3.18. The molecule has 1 aromatic heterocycles. The predicted octanol–water partition coefficient (Wildman–Crippen LogP) is 1.33. The zero-order valence-electron chi connectivity index (χ0n) is 6.68. The molecule has 3 nitrogen and oxygen atoms in total. The molecule has 1 heterocycles. The first-order valence-electron chi connectivity index (χ1n) is 4.13. The van der Waals surface area contributed by atoms with Gasteiger partial charge in [0.2, 0.25) is 0 Å². The number of hydrogen-bond acceptors (Lipinski definition) is 2. The van der Waals surface area contributed by atoms with Gasteiger partial charge < -0.3 is 5.11 Å². The summed E-state index contributed by atoms with van der Waals surface area (Å²) in [5.74, 6) is 0. The topological polar surface area (TPSA) is 48.9 Å². The van der Waals surface area contributed by atoms with E-state index in [1.165, 1.54) is 17.7 Å². The standard InChI is InChI=1S/C8H11BrN2O/c9-4-7(12)8-5-2-1-3-6(5)10-11-8/h7,12H,1-4H2,(H,10,11). The summed E-state index contributed by atoms with van der Waals surface area (Å²) in [7, 11) is 0. The Kier molecular flexibility index (Phi) is 2.19. The van der Waals surface area contributed by atoms with Crippen LogP contribution in [0.15, 0.2) is 0 Å². The van der Waals surface area contributed by atoms with Gasteiger partial charge in [0.15, 0.2) is 0 Å². The first-order valence-corrected chi connectivity index (χ1v) is 5.25. The van der Waals surface area contributed by atoms with E-state index in [9.17, 15) is 5.11 Å². The highest BCUT2D eigenvalue weighted by Gasteiger charge is 2.22. The summed E-state index contributed by atoms with van der Waals surface area (Å²) in [6.45, 7) is 0. The van der Waals surface area contributed by atoms with Crippen LogP contribution in [0.1, 0.15) is 29.5 Å². The van der Waals surface area contributed by atoms with Crippen molar-refractivity contribution >= 4 is 15.9 Å². The van der Waals surface area contributed by atoms with Crippen molar-refractivity contribution in [3.63, 3.8) is 0 Å². The normalized spacial score (nSPS) is 17.8. The van der Waals surface area contributed by atoms with Gasteiger partial charge in [0.1, 0.15) is 6.10 Å². The minimum absolute atomic E-state index is 0.455. The Morgan fingerprint density at radius 1 is 1.58 bits per heavy atom. The molecule has 1 atom stereocenters. The Morgan fingerprint density at radius 3 is 3.17 bits per heavy atom. The minimum Gasteiger partial charge on any atom is -0.386 e. The SMILES string of the molecule is OC(CBr)c1n[nH]c2c1CCC2. The van der Waals surface area contributed by atoms with Crippen molar-refractivity contribution < 1.29 is 5.11 Å². The van der Waals surface area contributed by atoms with E-state index >= 15 is 0 Å². The summed E-state index contributed by atoms with van der Waals surface area (Å²) in [6.07, 6.45) is 2.87. The van der Waals surface area contributed by atoms with Crippen LogP contribution in [0.5, 0.6) is 0 Å². The molecule has 0 bridgehead atoms. The minimum atomic E-state index is -0.455. The van der Waals surface area contributed by atoms with E-state index in [1.54, 1.807) is 0 Å². The maximum atomic E-state index is 9.55. The summed E-state index contributed by atoms with van der Waals surface area (Å²) in [5, 5.41) is 17.2. The van der Waals surface area contributed by atoms with E-state index in [1.807, 2.05) is 0 Å². The molecule has 1 aromatic rings. The number of aromatic nitrogens is 2. The number of aryl methyl sites for hydroxylation is 1. The molecule has 1 unspecified atom stereocenters. The maximum absolute atomic E-state index is 9.55. The molecular weight excluding hydrogens is 220 g/mol. The summed E-state index contributed by atoms with van der Waals surface area (Å²) in [6, 6.07) is 0. The fourth-order valence-corrected chi connectivity index (χ4v) is 2.00. The van der Waals surface area contributed by atoms with E-state index in [2.05, 4.69) is 26.1 Å². The van der Waals surface area contributed by atoms with Gasteiger partial charge in [-0.1, -0.05) is 15.9 Å². The number of aromatic amines is 1. The zero-order chi connectivity index (χ0) is 8.55. The van der Waals surface area contributed by atoms with E-state index in [0.717, 1.165) is 18.5 Å². The van der Waals surface area contributed by atoms with Gasteiger partial charge in [0, 0.05) is 11.0 Å². The third-order valence-corrected chi connectivity index (χ3v) is 2.91. The molecule has 2 N–H and O–H groups in total. The number of rotatable bonds is 2. The molecule has 0 spiro atoms. The number of halogens is 1. The average Bonchev–Trinajstić information content (AvgIpc) is 2.62. The van der Waals surface area contributed by atoms with Gasteiger partial charge in [-0.3, -0.25) is 5.10 Å². The lowest BCUT2D eigenvalue weighted by Gasteiger charge is -2.03. The number of alkyl halides is 1. The van der Waals surface area contributed by atoms with Gasteiger partial charge in [-0.2, -0.15) is 5.10 Å². The highest BCUT2D eigenvalue weighted by atomic mass is 79.9. The molecule has 0 fully saturated rings. The predicted molar refractivity (Wildman–Crippen MR) is 49.4 cm³/mol. The molecule has 1 aliphatic carbocycles. The van der Waals surface area contributed by atoms with Crippen LogP contribution in [0.25, 0.3) is 0 Å². The Morgan fingerprint density at radius 2 is 2.42 bits per heavy atom. The number of fused-ring (bicyclic) bond motifs is 1. The quantitative estimate of drug-likeness (QED) is 0.754. The summed E-state index contributed by atoms with van der Waals surface area (Å²) < 4.78 is 0. The van der Waals surface area contributed by atoms with Crippen LogP contribution in [0.4, 0.5) is 0 Å². The van der Waals surface area contributed by atoms with Crippen molar-refractivity contribution in [3.05, 3.63) is 17.0 Å². The van der Waals surface area contributed by atoms with Crippen LogP contribution in [0.3, 0.4) is 0 Å². The number of H-pyrrole nitrogens is 1. The molecule has 12 heavy (non-hydrogen) atoms. The highest BCUT2D eigenvalue weighted by molar-refractivity contribution is 9.09. The lowest BCUT2D eigenvalue weighted by molar-refractivity contribution is 0.199. The van der Waals surface area contributed by atoms with E-state index in [-0.39, 0.29) is 0 Å². The van der Waals surface area contributed by atoms with E-state index < -0.39 is 6.10 Å². The largest absolute Gasteiger partial charge is 0.386 e. The second-order valence-corrected chi connectivity index (χ2v) is 3.74. The van der Waals surface area contributed by atoms with Crippen LogP contribution < -0.4 is 0 Å². The molecule has 0 amide bonds. The third kappa shape index (κ3) is 1.19. The highest BCUT2D eigenvalue weighted by Crippen LogP contribution is 2.27. The first-order chi connectivity index (χ1) is 5.83. The smallest absolute Gasteiger partial charge is 0.108 e. The van der Waals surface area contributed by atoms with Crippen LogP contribution >= 0.6 is 15.9 Å². The average molecular weight is 231 g/mol. The Labute approximate surface area is 79.3 Å². The number of aliphatic hydroxyl groups is 1. The van der Waals surface area contributed by atoms with Gasteiger partial charge in [-0.15, -0.1) is 0 Å². The molecular formula is C8H11BrN2O. The van der Waals surface area contributed by atoms with Crippen molar-refractivity contribution in [3.8, 4) is 0 Å². The molecule has 4 heteroatoms. The van der Waals surface area contributed by atoms with Gasteiger partial charge in [-0.05, 0) is 24.8 Å². The molecule has 1 aliphatic rings. The van der Waals surface area contributed by atoms with Crippen LogP contribution in [0, 0.1) is 0 Å². The van der Waals surface area contributed by atoms with E-state index in [0.29, 0.717) is 5.33 Å². The zero-order valence-corrected chi connectivity index (χ0v) is 8.26. The summed E-state index contributed by atoms with van der Waals surface area (Å²) >= 11 is 3.24. The molecule has 2 rings (SSSR count). The monoisotopic (exact) mass is 230 g/mol. The van der Waals surface area contributed by atoms with Crippen molar-refractivity contribution in [2.45, 2.75) is 25.4 Å². The molecule has 0 aromatic carbocycles. The van der Waals surface area contributed by atoms with Crippen molar-refractivity contribution in [1.82, 2.24) is 10.2 Å². The number of aliphatic hydroxyl groups excluding tert-OH is 1. The number of hydrogen-bond donors (Lipinski definition) is 2. The van der Waals surface area contributed by atoms with Gasteiger partial charge >= 0.3 is 0 Å². The van der Waals surface area contributed by atoms with Crippen LogP contribution in [-0.4, -0.2) is 20.6 Å². The van der Waals surface area contributed by atoms with Crippen molar-refractivity contribution in [1.29, 1.82) is 0 Å². The fourth-order valence-electron chi connectivity index (χ4n) is 1.69. The number of nitrogens with zero attached hydrogens (tertiary/aromatic N) is 1. The fraction of sp³-hybridized carbons (Fsp3) is 0.625. The van der Waals surface area contributed by atoms with Crippen LogP contribution in [-0.2, 0) is 12.8 Å². The first kappa shape index (κ1) is 8.26. The van der Waals surface area contributed by atoms with Gasteiger partial charge in [-0.25, -0.2) is 0 Å². The van der Waals surface area contributed by atoms with Gasteiger partial charge in [0.25, 0.3) is 0 Å². The Balaban J connectivity index is 2.33. The molecule has 66 valence electrons. The summed E-state index contributed by atoms with van der Waals surface area (Å²) in [5.41, 5.74) is 3.28. The number of nitrogens with one attached hydrogen (secondary N) is 1. The molecule has 0 saturated carbocycles. The summed E-state index contributed by atoms with van der Waals surface area (Å²) in [4.78, 5) is 0. The lowest BCUT2D eigenvalue weighted by Crippen LogP contribution is -2.01. The third-order valence-electron chi connectivity index (χ3n) is 2.30. The second-order valence-electron chi connectivity index (χ2n) is 3.09.